The number of ketones is 1. The Balaban J connectivity index is 1.42. The number of nitrogens with zero attached hydrogens (tertiary/aromatic N) is 2. The first-order valence-corrected chi connectivity index (χ1v) is 16.7. The van der Waals surface area contributed by atoms with Crippen LogP contribution in [0.4, 0.5) is 0 Å². The number of Topliss-reactive ketones (excluding diaryl/α,β-unsaturated/α-hetero) is 1. The van der Waals surface area contributed by atoms with Gasteiger partial charge in [-0.1, -0.05) is 64.3 Å². The quantitative estimate of drug-likeness (QED) is 0.0608. The molecule has 1 saturated heterocycles. The molecule has 11 nitrogen and oxygen atoms in total. The molecule has 1 aliphatic heterocycles. The van der Waals surface area contributed by atoms with E-state index in [0.717, 1.165) is 24.8 Å². The molecule has 1 aromatic rings. The zero-order valence-corrected chi connectivity index (χ0v) is 27.8. The summed E-state index contributed by atoms with van der Waals surface area (Å²) in [6.07, 6.45) is 5.64. The van der Waals surface area contributed by atoms with Crippen LogP contribution in [0, 0.1) is 39.2 Å². The third kappa shape index (κ3) is 8.44. The van der Waals surface area contributed by atoms with Crippen LogP contribution in [0.2, 0.25) is 0 Å². The van der Waals surface area contributed by atoms with Crippen LogP contribution in [0.15, 0.2) is 29.3 Å². The van der Waals surface area contributed by atoms with Crippen molar-refractivity contribution >= 4 is 24.8 Å². The summed E-state index contributed by atoms with van der Waals surface area (Å²) in [5.74, 6) is -0.105. The summed E-state index contributed by atoms with van der Waals surface area (Å²) in [5.41, 5.74) is 9.54. The summed E-state index contributed by atoms with van der Waals surface area (Å²) in [7, 11) is -0.554. The van der Waals surface area contributed by atoms with Crippen molar-refractivity contribution in [2.75, 3.05) is 6.54 Å². The molecule has 1 aromatic carbocycles. The minimum atomic E-state index is -0.771. The average Bonchev–Trinajstić information content (AvgIpc) is 3.34. The number of carbonyl (C=O) groups excluding carboxylic acids is 2. The number of nitrogens with two attached hydrogens (primary N) is 1. The topological polar surface area (TPSA) is 158 Å². The number of nitro groups is 1. The first-order valence-electron chi connectivity index (χ1n) is 16.7. The normalized spacial score (nSPS) is 26.5. The summed E-state index contributed by atoms with van der Waals surface area (Å²) in [5, 5.41) is 13.1. The number of hydrogen-bond acceptors (Lipinski definition) is 7. The fraction of sp³-hybridized carbons (Fsp3) is 0.727. The molecule has 0 radical (unpaired) electrons. The molecule has 1 amide bonds. The summed E-state index contributed by atoms with van der Waals surface area (Å²) >= 11 is 0. The number of guanidine groups is 1. The minimum absolute atomic E-state index is 0.00528. The maximum Gasteiger partial charge on any atom is 0.481 e. The van der Waals surface area contributed by atoms with E-state index in [2.05, 4.69) is 76.1 Å². The lowest BCUT2D eigenvalue weighted by molar-refractivity contribution is -0.525. The molecule has 12 heteroatoms. The number of benzene rings is 1. The highest BCUT2D eigenvalue weighted by Crippen LogP contribution is 2.65. The third-order valence-electron chi connectivity index (χ3n) is 10.5. The van der Waals surface area contributed by atoms with Gasteiger partial charge in [-0.3, -0.25) is 9.59 Å². The molecule has 4 fully saturated rings. The van der Waals surface area contributed by atoms with Gasteiger partial charge in [-0.15, -0.1) is 0 Å². The van der Waals surface area contributed by atoms with Gasteiger partial charge in [-0.2, -0.15) is 0 Å². The SMILES string of the molecule is CCc1ccc(CCC(=O)C[C@@H](CCCN=C(N)N[N+](=O)[O-])C(=O)N[C@@H](CC(C)C)B2O[C@@H]3C[C@@H]4C[C@@H](C4(C)C)[C@]3(C)O2)cc1. The largest absolute Gasteiger partial charge is 0.481 e. The highest BCUT2D eigenvalue weighted by Gasteiger charge is 2.68. The van der Waals surface area contributed by atoms with Crippen LogP contribution in [0.25, 0.3) is 0 Å². The second-order valence-electron chi connectivity index (χ2n) is 14.5. The molecule has 3 aliphatic carbocycles. The van der Waals surface area contributed by atoms with Crippen LogP contribution in [-0.4, -0.2) is 54.0 Å². The molecular weight excluding hydrogens is 573 g/mol. The lowest BCUT2D eigenvalue weighted by atomic mass is 9.43. The minimum Gasteiger partial charge on any atom is -0.404 e. The standard InChI is InChI=1S/C33H52BN5O6/c1-7-22-10-12-23(13-11-22)14-15-26(40)18-24(9-8-16-36-31(35)38-39(42)43)30(41)37-29(17-21(2)3)34-44-28-20-25-19-27(32(25,4)5)33(28,6)45-34/h10-13,21,24-25,27-29H,7-9,14-20H2,1-6H3,(H,37,41)(H3,35,36,38)/t24-,25+,27+,28-,29+,33+/m1/s1. The van der Waals surface area contributed by atoms with Gasteiger partial charge in [0, 0.05) is 25.3 Å². The number of amides is 1. The van der Waals surface area contributed by atoms with Crippen molar-refractivity contribution < 1.29 is 23.9 Å². The second-order valence-corrected chi connectivity index (χ2v) is 14.5. The monoisotopic (exact) mass is 625 g/mol. The van der Waals surface area contributed by atoms with Crippen LogP contribution in [0.5, 0.6) is 0 Å². The summed E-state index contributed by atoms with van der Waals surface area (Å²) < 4.78 is 13.3. The number of rotatable bonds is 16. The zero-order chi connectivity index (χ0) is 32.9. The molecule has 0 spiro atoms. The predicted molar refractivity (Wildman–Crippen MR) is 175 cm³/mol. The van der Waals surface area contributed by atoms with Gasteiger partial charge in [0.05, 0.1) is 17.6 Å². The zero-order valence-electron chi connectivity index (χ0n) is 27.8. The van der Waals surface area contributed by atoms with Crippen LogP contribution in [0.1, 0.15) is 97.6 Å². The van der Waals surface area contributed by atoms with E-state index in [1.165, 1.54) is 5.56 Å². The van der Waals surface area contributed by atoms with Crippen LogP contribution >= 0.6 is 0 Å². The van der Waals surface area contributed by atoms with Gasteiger partial charge in [0.25, 0.3) is 5.96 Å². The number of carbonyl (C=O) groups is 2. The van der Waals surface area contributed by atoms with E-state index in [4.69, 9.17) is 15.0 Å². The van der Waals surface area contributed by atoms with E-state index in [0.29, 0.717) is 43.9 Å². The smallest absolute Gasteiger partial charge is 0.404 e. The van der Waals surface area contributed by atoms with Crippen LogP contribution < -0.4 is 16.5 Å². The van der Waals surface area contributed by atoms with Crippen molar-refractivity contribution in [2.45, 2.75) is 117 Å². The lowest BCUT2D eigenvalue weighted by Crippen LogP contribution is -2.65. The molecule has 0 aromatic heterocycles. The molecule has 248 valence electrons. The average molecular weight is 626 g/mol. The van der Waals surface area contributed by atoms with Crippen molar-refractivity contribution in [3.05, 3.63) is 45.5 Å². The molecule has 4 N–H and O–H groups in total. The van der Waals surface area contributed by atoms with Gasteiger partial charge in [0.15, 0.2) is 5.03 Å². The summed E-state index contributed by atoms with van der Waals surface area (Å²) in [6, 6.07) is 8.27. The Hall–Kier alpha value is -2.99. The van der Waals surface area contributed by atoms with E-state index in [1.807, 2.05) is 5.43 Å². The van der Waals surface area contributed by atoms with Crippen molar-refractivity contribution in [2.24, 2.45) is 39.8 Å². The number of hydrazine groups is 1. The Kier molecular flexibility index (Phi) is 11.3. The van der Waals surface area contributed by atoms with Crippen molar-refractivity contribution in [1.82, 2.24) is 10.7 Å². The third-order valence-corrected chi connectivity index (χ3v) is 10.5. The maximum atomic E-state index is 13.9. The van der Waals surface area contributed by atoms with E-state index in [1.54, 1.807) is 0 Å². The van der Waals surface area contributed by atoms with E-state index in [-0.39, 0.29) is 59.6 Å². The molecule has 6 atom stereocenters. The van der Waals surface area contributed by atoms with Crippen LogP contribution in [-0.2, 0) is 31.7 Å². The van der Waals surface area contributed by atoms with Gasteiger partial charge >= 0.3 is 7.12 Å². The first kappa shape index (κ1) is 34.9. The van der Waals surface area contributed by atoms with E-state index < -0.39 is 18.1 Å². The fourth-order valence-corrected chi connectivity index (χ4v) is 7.71. The highest BCUT2D eigenvalue weighted by atomic mass is 16.7. The number of hydrogen-bond donors (Lipinski definition) is 3. The van der Waals surface area contributed by atoms with Crippen molar-refractivity contribution in [3.8, 4) is 0 Å². The Morgan fingerprint density at radius 2 is 1.87 bits per heavy atom. The van der Waals surface area contributed by atoms with Gasteiger partial charge in [0.1, 0.15) is 5.78 Å². The number of nitrogens with one attached hydrogen (secondary N) is 2. The molecule has 2 bridgehead atoms. The van der Waals surface area contributed by atoms with E-state index >= 15 is 0 Å². The van der Waals surface area contributed by atoms with Gasteiger partial charge < -0.3 is 20.4 Å². The molecule has 4 aliphatic rings. The fourth-order valence-electron chi connectivity index (χ4n) is 7.71. The molecule has 0 unspecified atom stereocenters. The molecular formula is C33H52BN5O6. The van der Waals surface area contributed by atoms with Gasteiger partial charge in [0.2, 0.25) is 5.91 Å². The number of aliphatic imine (C=N–C) groups is 1. The maximum absolute atomic E-state index is 13.9. The summed E-state index contributed by atoms with van der Waals surface area (Å²) in [4.78, 5) is 41.7. The van der Waals surface area contributed by atoms with Gasteiger partial charge in [-0.05, 0) is 86.2 Å². The first-order chi connectivity index (χ1) is 21.2. The Morgan fingerprint density at radius 1 is 1.18 bits per heavy atom. The van der Waals surface area contributed by atoms with E-state index in [9.17, 15) is 19.7 Å². The van der Waals surface area contributed by atoms with Crippen molar-refractivity contribution in [1.29, 1.82) is 0 Å². The molecule has 1 heterocycles. The number of aryl methyl sites for hydroxylation is 2. The van der Waals surface area contributed by atoms with Gasteiger partial charge in [-0.25, -0.2) is 15.1 Å². The Labute approximate surface area is 268 Å². The summed E-state index contributed by atoms with van der Waals surface area (Å²) in [6.45, 7) is 13.3. The molecule has 45 heavy (non-hydrogen) atoms. The predicted octanol–water partition coefficient (Wildman–Crippen LogP) is 4.43. The Bertz CT molecular complexity index is 1240. The van der Waals surface area contributed by atoms with Crippen LogP contribution in [0.3, 0.4) is 0 Å². The lowest BCUT2D eigenvalue weighted by Gasteiger charge is -2.64. The Morgan fingerprint density at radius 3 is 2.49 bits per heavy atom. The highest BCUT2D eigenvalue weighted by molar-refractivity contribution is 6.47. The van der Waals surface area contributed by atoms with Crippen molar-refractivity contribution in [3.63, 3.8) is 0 Å². The second kappa shape index (κ2) is 14.6. The molecule has 3 saturated carbocycles. The molecule has 5 rings (SSSR count).